The molecule has 0 bridgehead atoms. The van der Waals surface area contributed by atoms with E-state index >= 15 is 0 Å². The van der Waals surface area contributed by atoms with Crippen molar-refractivity contribution in [3.8, 4) is 11.8 Å². The van der Waals surface area contributed by atoms with Gasteiger partial charge in [-0.25, -0.2) is 9.97 Å². The van der Waals surface area contributed by atoms with Crippen LogP contribution in [0.4, 0.5) is 30.5 Å². The summed E-state index contributed by atoms with van der Waals surface area (Å²) in [6.45, 7) is 3.40. The first-order chi connectivity index (χ1) is 20.7. The van der Waals surface area contributed by atoms with Crippen molar-refractivity contribution in [2.75, 3.05) is 23.7 Å². The number of nitrogens with one attached hydrogen (secondary N) is 3. The van der Waals surface area contributed by atoms with E-state index in [1.807, 2.05) is 31.2 Å². The third kappa shape index (κ3) is 6.40. The Kier molecular flexibility index (Phi) is 7.88. The summed E-state index contributed by atoms with van der Waals surface area (Å²) in [6.07, 6.45) is -0.172. The van der Waals surface area contributed by atoms with Crippen LogP contribution in [0.3, 0.4) is 0 Å². The Labute approximate surface area is 248 Å². The van der Waals surface area contributed by atoms with Gasteiger partial charge in [0, 0.05) is 39.4 Å². The summed E-state index contributed by atoms with van der Waals surface area (Å²) >= 11 is 1.42. The molecule has 0 amide bonds. The molecule has 5 heterocycles. The number of benzene rings is 1. The van der Waals surface area contributed by atoms with E-state index < -0.39 is 24.0 Å². The Morgan fingerprint density at radius 1 is 1.12 bits per heavy atom. The second-order valence-electron chi connectivity index (χ2n) is 10.1. The van der Waals surface area contributed by atoms with Gasteiger partial charge < -0.3 is 20.4 Å². The summed E-state index contributed by atoms with van der Waals surface area (Å²) in [4.78, 5) is 27.6. The molecule has 13 heteroatoms. The monoisotopic (exact) mass is 605 g/mol. The fourth-order valence-electron chi connectivity index (χ4n) is 4.87. The molecule has 43 heavy (non-hydrogen) atoms. The first kappa shape index (κ1) is 28.4. The molecule has 0 aliphatic carbocycles. The Morgan fingerprint density at radius 2 is 1.88 bits per heavy atom. The van der Waals surface area contributed by atoms with E-state index in [0.29, 0.717) is 22.8 Å². The number of anilines is 3. The minimum atomic E-state index is -4.73. The lowest BCUT2D eigenvalue weighted by atomic mass is 10.1. The summed E-state index contributed by atoms with van der Waals surface area (Å²) < 4.78 is 46.7. The number of pyridine rings is 1. The minimum absolute atomic E-state index is 0.0816. The van der Waals surface area contributed by atoms with Crippen LogP contribution in [0.25, 0.3) is 11.0 Å². The average molecular weight is 606 g/mol. The van der Waals surface area contributed by atoms with Crippen LogP contribution in [-0.4, -0.2) is 38.7 Å². The zero-order valence-electron chi connectivity index (χ0n) is 23.0. The summed E-state index contributed by atoms with van der Waals surface area (Å²) in [5, 5.41) is 10.4. The van der Waals surface area contributed by atoms with E-state index in [1.54, 1.807) is 5.51 Å². The number of halogens is 3. The fraction of sp³-hybridized carbons (Fsp3) is 0.267. The van der Waals surface area contributed by atoms with Crippen molar-refractivity contribution in [3.05, 3.63) is 92.2 Å². The number of nitrogens with zero attached hydrogens (tertiary/aromatic N) is 4. The predicted octanol–water partition coefficient (Wildman–Crippen LogP) is 5.52. The van der Waals surface area contributed by atoms with Crippen molar-refractivity contribution >= 4 is 39.7 Å². The van der Waals surface area contributed by atoms with E-state index in [2.05, 4.69) is 42.7 Å². The van der Waals surface area contributed by atoms with Crippen LogP contribution in [0.1, 0.15) is 40.3 Å². The molecule has 4 aromatic heterocycles. The second kappa shape index (κ2) is 11.9. The molecule has 0 unspecified atom stereocenters. The van der Waals surface area contributed by atoms with Gasteiger partial charge in [-0.3, -0.25) is 9.36 Å². The van der Waals surface area contributed by atoms with Crippen LogP contribution < -0.4 is 21.5 Å². The Balaban J connectivity index is 1.35. The SMILES string of the molecule is Cc1scnc1C#Cc1cc2cnc(Nc3ccc(NC4CCNCC4)cc3)nc2n(Cc2ccoc2C(F)(F)F)c1=O. The zero-order chi connectivity index (χ0) is 30.0. The molecule has 5 aromatic rings. The zero-order valence-corrected chi connectivity index (χ0v) is 23.8. The third-order valence-electron chi connectivity index (χ3n) is 7.07. The van der Waals surface area contributed by atoms with E-state index in [0.717, 1.165) is 47.3 Å². The fourth-order valence-corrected chi connectivity index (χ4v) is 5.40. The molecule has 1 saturated heterocycles. The van der Waals surface area contributed by atoms with Crippen LogP contribution in [0.5, 0.6) is 0 Å². The molecule has 220 valence electrons. The molecule has 1 fully saturated rings. The number of aryl methyl sites for hydroxylation is 1. The maximum Gasteiger partial charge on any atom is 0.449 e. The van der Waals surface area contributed by atoms with Gasteiger partial charge in [0.25, 0.3) is 5.56 Å². The highest BCUT2D eigenvalue weighted by Gasteiger charge is 2.37. The topological polar surface area (TPSA) is 110 Å². The van der Waals surface area contributed by atoms with Gasteiger partial charge in [-0.1, -0.05) is 5.92 Å². The van der Waals surface area contributed by atoms with Gasteiger partial charge in [0.2, 0.25) is 11.7 Å². The normalized spacial score (nSPS) is 14.0. The molecule has 1 aliphatic heterocycles. The van der Waals surface area contributed by atoms with Crippen LogP contribution in [-0.2, 0) is 12.7 Å². The van der Waals surface area contributed by atoms with Gasteiger partial charge in [-0.15, -0.1) is 11.3 Å². The van der Waals surface area contributed by atoms with Gasteiger partial charge in [0.1, 0.15) is 11.3 Å². The Bertz CT molecular complexity index is 1880. The number of hydrogen-bond donors (Lipinski definition) is 3. The Hall–Kier alpha value is -4.67. The molecule has 0 spiro atoms. The van der Waals surface area contributed by atoms with E-state index in [9.17, 15) is 18.0 Å². The van der Waals surface area contributed by atoms with Gasteiger partial charge >= 0.3 is 6.18 Å². The minimum Gasteiger partial charge on any atom is -0.459 e. The van der Waals surface area contributed by atoms with Gasteiger partial charge in [0.05, 0.1) is 23.9 Å². The molecule has 1 aliphatic rings. The van der Waals surface area contributed by atoms with Crippen molar-refractivity contribution < 1.29 is 17.6 Å². The summed E-state index contributed by atoms with van der Waals surface area (Å²) in [5.74, 6) is 4.73. The van der Waals surface area contributed by atoms with Crippen LogP contribution in [0.2, 0.25) is 0 Å². The summed E-state index contributed by atoms with van der Waals surface area (Å²) in [6, 6.07) is 10.8. The van der Waals surface area contributed by atoms with Crippen LogP contribution >= 0.6 is 11.3 Å². The molecule has 0 atom stereocenters. The smallest absolute Gasteiger partial charge is 0.449 e. The number of fused-ring (bicyclic) bond motifs is 1. The van der Waals surface area contributed by atoms with Crippen molar-refractivity contribution in [1.29, 1.82) is 0 Å². The molecule has 3 N–H and O–H groups in total. The molecule has 0 saturated carbocycles. The predicted molar refractivity (Wildman–Crippen MR) is 159 cm³/mol. The lowest BCUT2D eigenvalue weighted by molar-refractivity contribution is -0.153. The number of piperidine rings is 1. The van der Waals surface area contributed by atoms with Gasteiger partial charge in [0.15, 0.2) is 0 Å². The maximum absolute atomic E-state index is 13.6. The standard InChI is InChI=1S/C30H26F3N7O2S/c1-18-25(36-17-43-18)7-2-19-14-21-15-35-29(38-23-5-3-22(4-6-23)37-24-8-11-34-12-9-24)39-27(21)40(28(19)41)16-20-10-13-42-26(20)30(31,32)33/h3-6,10,13-15,17,24,34,37H,8-9,11-12,16H2,1H3,(H,35,38,39). The van der Waals surface area contributed by atoms with Crippen LogP contribution in [0.15, 0.2) is 63.6 Å². The number of hydrogen-bond acceptors (Lipinski definition) is 9. The Morgan fingerprint density at radius 3 is 2.60 bits per heavy atom. The number of aromatic nitrogens is 4. The lowest BCUT2D eigenvalue weighted by Crippen LogP contribution is -2.35. The van der Waals surface area contributed by atoms with Crippen molar-refractivity contribution in [2.45, 2.75) is 38.5 Å². The highest BCUT2D eigenvalue weighted by Crippen LogP contribution is 2.33. The van der Waals surface area contributed by atoms with Crippen molar-refractivity contribution in [3.63, 3.8) is 0 Å². The summed E-state index contributed by atoms with van der Waals surface area (Å²) in [7, 11) is 0. The van der Waals surface area contributed by atoms with Gasteiger partial charge in [-0.2, -0.15) is 18.2 Å². The lowest BCUT2D eigenvalue weighted by Gasteiger charge is -2.24. The molecule has 1 aromatic carbocycles. The third-order valence-corrected chi connectivity index (χ3v) is 7.83. The molecule has 0 radical (unpaired) electrons. The van der Waals surface area contributed by atoms with Crippen LogP contribution in [0, 0.1) is 18.8 Å². The maximum atomic E-state index is 13.6. The summed E-state index contributed by atoms with van der Waals surface area (Å²) in [5.41, 5.74) is 3.30. The number of furan rings is 1. The highest BCUT2D eigenvalue weighted by molar-refractivity contribution is 7.09. The largest absolute Gasteiger partial charge is 0.459 e. The first-order valence-corrected chi connectivity index (χ1v) is 14.4. The van der Waals surface area contributed by atoms with Gasteiger partial charge in [-0.05, 0) is 75.2 Å². The highest BCUT2D eigenvalue weighted by atomic mass is 32.1. The first-order valence-electron chi connectivity index (χ1n) is 13.6. The number of thiazole rings is 1. The molecule has 6 rings (SSSR count). The second-order valence-corrected chi connectivity index (χ2v) is 11.1. The van der Waals surface area contributed by atoms with E-state index in [4.69, 9.17) is 4.42 Å². The quantitative estimate of drug-likeness (QED) is 0.217. The molecule has 9 nitrogen and oxygen atoms in total. The number of rotatable bonds is 6. The molecular formula is C30H26F3N7O2S. The van der Waals surface area contributed by atoms with E-state index in [1.165, 1.54) is 29.7 Å². The van der Waals surface area contributed by atoms with Crippen molar-refractivity contribution in [2.24, 2.45) is 0 Å². The number of alkyl halides is 3. The average Bonchev–Trinajstić information content (AvgIpc) is 3.64. The molecular weight excluding hydrogens is 579 g/mol. The van der Waals surface area contributed by atoms with Crippen molar-refractivity contribution in [1.82, 2.24) is 24.8 Å². The van der Waals surface area contributed by atoms with E-state index in [-0.39, 0.29) is 22.7 Å².